The Hall–Kier alpha value is -0.240. The fourth-order valence-corrected chi connectivity index (χ4v) is 0.237. The molecule has 1 radical (unpaired) electrons. The van der Waals surface area contributed by atoms with Gasteiger partial charge in [0.2, 0.25) is 0 Å². The van der Waals surface area contributed by atoms with Gasteiger partial charge in [-0.25, -0.2) is 0 Å². The second-order valence-corrected chi connectivity index (χ2v) is 1.08. The molecular formula is C4H6ClO2. The number of halogens is 1. The van der Waals surface area contributed by atoms with Crippen LogP contribution >= 0.6 is 11.6 Å². The van der Waals surface area contributed by atoms with E-state index in [4.69, 9.17) is 11.6 Å². The van der Waals surface area contributed by atoms with Crippen LogP contribution in [0, 0.1) is 5.88 Å². The molecule has 0 aromatic heterocycles. The minimum Gasteiger partial charge on any atom is -0.465 e. The Morgan fingerprint density at radius 1 is 2.00 bits per heavy atom. The number of carbonyl (C=O) groups excluding carboxylic acids is 1. The molecule has 0 aliphatic carbocycles. The van der Waals surface area contributed by atoms with Crippen LogP contribution in [0.4, 0.5) is 0 Å². The molecule has 0 bridgehead atoms. The van der Waals surface area contributed by atoms with E-state index in [1.165, 1.54) is 0 Å². The largest absolute Gasteiger partial charge is 0.465 e. The Morgan fingerprint density at radius 2 is 2.57 bits per heavy atom. The molecular weight excluding hydrogens is 115 g/mol. The van der Waals surface area contributed by atoms with Crippen LogP contribution in [0.2, 0.25) is 0 Å². The molecule has 0 unspecified atom stereocenters. The van der Waals surface area contributed by atoms with Gasteiger partial charge in [0.1, 0.15) is 0 Å². The van der Waals surface area contributed by atoms with Gasteiger partial charge >= 0.3 is 5.97 Å². The average molecular weight is 122 g/mol. The topological polar surface area (TPSA) is 26.3 Å². The molecule has 3 heteroatoms. The maximum absolute atomic E-state index is 10.0. The van der Waals surface area contributed by atoms with Crippen LogP contribution < -0.4 is 0 Å². The van der Waals surface area contributed by atoms with Gasteiger partial charge < -0.3 is 4.74 Å². The minimum absolute atomic E-state index is 0.377. The van der Waals surface area contributed by atoms with E-state index in [9.17, 15) is 4.79 Å². The number of hydrogen-bond acceptors (Lipinski definition) is 2. The highest BCUT2D eigenvalue weighted by atomic mass is 35.5. The van der Waals surface area contributed by atoms with Gasteiger partial charge in [-0.1, -0.05) is 0 Å². The summed E-state index contributed by atoms with van der Waals surface area (Å²) < 4.78 is 4.36. The summed E-state index contributed by atoms with van der Waals surface area (Å²) >= 11 is 4.93. The van der Waals surface area contributed by atoms with Crippen molar-refractivity contribution in [2.75, 3.05) is 6.61 Å². The average Bonchev–Trinajstić information content (AvgIpc) is 1.68. The number of esters is 1. The first-order valence-corrected chi connectivity index (χ1v) is 2.35. The van der Waals surface area contributed by atoms with Gasteiger partial charge in [-0.15, -0.1) is 11.6 Å². The van der Waals surface area contributed by atoms with Crippen molar-refractivity contribution in [3.05, 3.63) is 5.88 Å². The molecule has 0 atom stereocenters. The van der Waals surface area contributed by atoms with E-state index in [0.29, 0.717) is 6.61 Å². The first-order chi connectivity index (χ1) is 3.31. The van der Waals surface area contributed by atoms with Crippen molar-refractivity contribution in [3.8, 4) is 0 Å². The summed E-state index contributed by atoms with van der Waals surface area (Å²) in [7, 11) is 0. The van der Waals surface area contributed by atoms with Crippen LogP contribution in [0.25, 0.3) is 0 Å². The maximum atomic E-state index is 10.0. The molecule has 0 aliphatic heterocycles. The highest BCUT2D eigenvalue weighted by Gasteiger charge is 1.94. The van der Waals surface area contributed by atoms with Gasteiger partial charge in [-0.2, -0.15) is 0 Å². The van der Waals surface area contributed by atoms with Gasteiger partial charge in [0.15, 0.2) is 5.88 Å². The first-order valence-electron chi connectivity index (χ1n) is 1.91. The predicted octanol–water partition coefficient (Wildman–Crippen LogP) is 0.950. The van der Waals surface area contributed by atoms with E-state index in [-0.39, 0.29) is 0 Å². The lowest BCUT2D eigenvalue weighted by atomic mass is 10.8. The molecule has 41 valence electrons. The van der Waals surface area contributed by atoms with E-state index in [2.05, 4.69) is 4.74 Å². The molecule has 0 fully saturated rings. The van der Waals surface area contributed by atoms with Crippen molar-refractivity contribution in [2.24, 2.45) is 0 Å². The van der Waals surface area contributed by atoms with Crippen LogP contribution in [0.3, 0.4) is 0 Å². The third kappa shape index (κ3) is 3.59. The summed E-state index contributed by atoms with van der Waals surface area (Å²) in [6.07, 6.45) is 0. The molecule has 7 heavy (non-hydrogen) atoms. The predicted molar refractivity (Wildman–Crippen MR) is 26.8 cm³/mol. The third-order valence-electron chi connectivity index (χ3n) is 0.376. The Bertz CT molecular complexity index is 62.7. The molecule has 0 rings (SSSR count). The second-order valence-electron chi connectivity index (χ2n) is 0.861. The summed E-state index contributed by atoms with van der Waals surface area (Å²) in [6, 6.07) is 0. The van der Waals surface area contributed by atoms with Crippen molar-refractivity contribution in [3.63, 3.8) is 0 Å². The summed E-state index contributed by atoms with van der Waals surface area (Å²) in [4.78, 5) is 10.0. The minimum atomic E-state index is -0.482. The lowest BCUT2D eigenvalue weighted by Gasteiger charge is -1.92. The first kappa shape index (κ1) is 6.76. The van der Waals surface area contributed by atoms with Gasteiger partial charge in [-0.05, 0) is 6.92 Å². The number of carbonyl (C=O) groups is 1. The molecule has 0 aromatic rings. The van der Waals surface area contributed by atoms with Gasteiger partial charge in [0.05, 0.1) is 6.61 Å². The molecule has 0 aliphatic rings. The second kappa shape index (κ2) is 3.93. The molecule has 0 saturated carbocycles. The smallest absolute Gasteiger partial charge is 0.326 e. The number of ether oxygens (including phenoxy) is 1. The van der Waals surface area contributed by atoms with Crippen molar-refractivity contribution in [1.82, 2.24) is 0 Å². The van der Waals surface area contributed by atoms with Gasteiger partial charge in [0.25, 0.3) is 0 Å². The van der Waals surface area contributed by atoms with Crippen molar-refractivity contribution < 1.29 is 9.53 Å². The van der Waals surface area contributed by atoms with Crippen LogP contribution in [-0.4, -0.2) is 12.6 Å². The lowest BCUT2D eigenvalue weighted by molar-refractivity contribution is -0.138. The van der Waals surface area contributed by atoms with Gasteiger partial charge in [-0.3, -0.25) is 4.79 Å². The normalized spacial score (nSPS) is 8.29. The number of hydrogen-bond donors (Lipinski definition) is 0. The van der Waals surface area contributed by atoms with E-state index in [0.717, 1.165) is 5.88 Å². The van der Waals surface area contributed by atoms with Crippen LogP contribution in [-0.2, 0) is 9.53 Å². The molecule has 0 spiro atoms. The quantitative estimate of drug-likeness (QED) is 0.509. The number of rotatable bonds is 2. The highest BCUT2D eigenvalue weighted by molar-refractivity contribution is 6.33. The molecule has 0 saturated heterocycles. The van der Waals surface area contributed by atoms with E-state index in [1.807, 2.05) is 0 Å². The summed E-state index contributed by atoms with van der Waals surface area (Å²) in [5.74, 6) is 0.382. The third-order valence-corrected chi connectivity index (χ3v) is 0.554. The zero-order valence-electron chi connectivity index (χ0n) is 3.98. The van der Waals surface area contributed by atoms with E-state index in [1.54, 1.807) is 6.92 Å². The molecule has 0 heterocycles. The standard InChI is InChI=1S/C4H6ClO2/c1-2-7-4(6)3-5/h3H,2H2,1H3. The lowest BCUT2D eigenvalue weighted by Crippen LogP contribution is -1.99. The highest BCUT2D eigenvalue weighted by Crippen LogP contribution is 1.86. The Labute approximate surface area is 47.4 Å². The maximum Gasteiger partial charge on any atom is 0.326 e. The van der Waals surface area contributed by atoms with Crippen molar-refractivity contribution in [1.29, 1.82) is 0 Å². The zero-order chi connectivity index (χ0) is 5.70. The van der Waals surface area contributed by atoms with Crippen molar-refractivity contribution >= 4 is 17.6 Å². The molecule has 0 N–H and O–H groups in total. The Balaban J connectivity index is 3.00. The zero-order valence-corrected chi connectivity index (χ0v) is 4.73. The molecule has 0 aromatic carbocycles. The van der Waals surface area contributed by atoms with Crippen LogP contribution in [0.1, 0.15) is 6.92 Å². The SMILES string of the molecule is CCOC(=O)[CH]Cl. The monoisotopic (exact) mass is 121 g/mol. The Morgan fingerprint density at radius 3 is 2.71 bits per heavy atom. The van der Waals surface area contributed by atoms with Crippen LogP contribution in [0.5, 0.6) is 0 Å². The van der Waals surface area contributed by atoms with Crippen LogP contribution in [0.15, 0.2) is 0 Å². The Kier molecular flexibility index (Phi) is 3.80. The van der Waals surface area contributed by atoms with Gasteiger partial charge in [0, 0.05) is 0 Å². The fourth-order valence-electron chi connectivity index (χ4n) is 0.174. The summed E-state index contributed by atoms with van der Waals surface area (Å²) in [6.45, 7) is 2.10. The summed E-state index contributed by atoms with van der Waals surface area (Å²) in [5, 5.41) is 0. The van der Waals surface area contributed by atoms with E-state index < -0.39 is 5.97 Å². The molecule has 0 amide bonds. The molecule has 2 nitrogen and oxygen atoms in total. The van der Waals surface area contributed by atoms with Crippen molar-refractivity contribution in [2.45, 2.75) is 6.92 Å². The summed E-state index contributed by atoms with van der Waals surface area (Å²) in [5.41, 5.74) is 0. The van der Waals surface area contributed by atoms with E-state index >= 15 is 0 Å². The fraction of sp³-hybridized carbons (Fsp3) is 0.500.